The van der Waals surface area contributed by atoms with Gasteiger partial charge in [-0.05, 0) is 43.0 Å². The lowest BCUT2D eigenvalue weighted by Gasteiger charge is -2.32. The molecule has 0 heterocycles. The van der Waals surface area contributed by atoms with Crippen LogP contribution in [0.5, 0.6) is 5.75 Å². The van der Waals surface area contributed by atoms with Gasteiger partial charge in [0.05, 0.1) is 12.1 Å². The van der Waals surface area contributed by atoms with Crippen molar-refractivity contribution in [3.63, 3.8) is 0 Å². The number of hydrogen-bond donors (Lipinski definition) is 1. The largest absolute Gasteiger partial charge is 0.495 e. The normalized spacial score (nSPS) is 23.9. The second-order valence-electron chi connectivity index (χ2n) is 4.95. The van der Waals surface area contributed by atoms with Gasteiger partial charge < -0.3 is 10.1 Å². The molecule has 1 N–H and O–H groups in total. The molecule has 2 unspecified atom stereocenters. The van der Waals surface area contributed by atoms with E-state index >= 15 is 0 Å². The van der Waals surface area contributed by atoms with Crippen LogP contribution < -0.4 is 10.1 Å². The smallest absolute Gasteiger partial charge is 0.137 e. The molecule has 0 aliphatic heterocycles. The predicted molar refractivity (Wildman–Crippen MR) is 76.7 cm³/mol. The highest BCUT2D eigenvalue weighted by Crippen LogP contribution is 2.36. The molecule has 0 aromatic heterocycles. The summed E-state index contributed by atoms with van der Waals surface area (Å²) in [6, 6.07) is 6.79. The summed E-state index contributed by atoms with van der Waals surface area (Å²) in [5.41, 5.74) is 1.35. The Morgan fingerprint density at radius 2 is 2.11 bits per heavy atom. The van der Waals surface area contributed by atoms with E-state index < -0.39 is 0 Å². The number of benzene rings is 1. The molecule has 0 amide bonds. The summed E-state index contributed by atoms with van der Waals surface area (Å²) >= 11 is 6.09. The van der Waals surface area contributed by atoms with Gasteiger partial charge in [0, 0.05) is 6.04 Å². The van der Waals surface area contributed by atoms with Crippen molar-refractivity contribution in [2.75, 3.05) is 13.7 Å². The highest BCUT2D eigenvalue weighted by atomic mass is 35.5. The van der Waals surface area contributed by atoms with E-state index in [2.05, 4.69) is 24.4 Å². The molecule has 1 fully saturated rings. The van der Waals surface area contributed by atoms with Gasteiger partial charge in [0.2, 0.25) is 0 Å². The lowest BCUT2D eigenvalue weighted by atomic mass is 9.80. The van der Waals surface area contributed by atoms with Crippen LogP contribution in [0, 0.1) is 0 Å². The molecule has 0 saturated heterocycles. The second-order valence-corrected chi connectivity index (χ2v) is 5.36. The molecule has 1 aliphatic rings. The number of rotatable bonds is 4. The van der Waals surface area contributed by atoms with Crippen molar-refractivity contribution in [3.8, 4) is 5.75 Å². The predicted octanol–water partition coefficient (Wildman–Crippen LogP) is 3.98. The fourth-order valence-corrected chi connectivity index (χ4v) is 3.14. The molecule has 1 aromatic carbocycles. The summed E-state index contributed by atoms with van der Waals surface area (Å²) in [6.45, 7) is 3.21. The van der Waals surface area contributed by atoms with Crippen LogP contribution in [0.25, 0.3) is 0 Å². The standard InChI is InChI=1S/C15H22ClNO/c1-3-17-14-7-5-4-6-12(14)11-8-9-13(16)15(10-11)18-2/h8-10,12,14,17H,3-7H2,1-2H3. The molecule has 100 valence electrons. The maximum atomic E-state index is 6.09. The van der Waals surface area contributed by atoms with E-state index in [9.17, 15) is 0 Å². The fraction of sp³-hybridized carbons (Fsp3) is 0.600. The van der Waals surface area contributed by atoms with Crippen molar-refractivity contribution in [2.24, 2.45) is 0 Å². The summed E-state index contributed by atoms with van der Waals surface area (Å²) in [7, 11) is 1.67. The first kappa shape index (κ1) is 13.7. The van der Waals surface area contributed by atoms with Crippen LogP contribution in [0.15, 0.2) is 18.2 Å². The number of methoxy groups -OCH3 is 1. The van der Waals surface area contributed by atoms with Crippen LogP contribution in [0.4, 0.5) is 0 Å². The third-order valence-electron chi connectivity index (χ3n) is 3.84. The minimum absolute atomic E-state index is 0.588. The molecule has 2 nitrogen and oxygen atoms in total. The molecular formula is C15H22ClNO. The first-order valence-electron chi connectivity index (χ1n) is 6.83. The van der Waals surface area contributed by atoms with Crippen molar-refractivity contribution in [1.82, 2.24) is 5.32 Å². The highest BCUT2D eigenvalue weighted by Gasteiger charge is 2.26. The monoisotopic (exact) mass is 267 g/mol. The first-order valence-corrected chi connectivity index (χ1v) is 7.21. The third-order valence-corrected chi connectivity index (χ3v) is 4.15. The summed E-state index contributed by atoms with van der Waals surface area (Å²) in [4.78, 5) is 0. The minimum Gasteiger partial charge on any atom is -0.495 e. The Labute approximate surface area is 115 Å². The number of hydrogen-bond acceptors (Lipinski definition) is 2. The molecule has 18 heavy (non-hydrogen) atoms. The van der Waals surface area contributed by atoms with E-state index in [0.29, 0.717) is 17.0 Å². The Hall–Kier alpha value is -0.730. The summed E-state index contributed by atoms with van der Waals surface area (Å²) in [5, 5.41) is 4.30. The Bertz CT molecular complexity index is 392. The van der Waals surface area contributed by atoms with Crippen LogP contribution in [-0.4, -0.2) is 19.7 Å². The van der Waals surface area contributed by atoms with Crippen LogP contribution in [0.1, 0.15) is 44.1 Å². The molecular weight excluding hydrogens is 246 g/mol. The van der Waals surface area contributed by atoms with Gasteiger partial charge in [0.1, 0.15) is 5.75 Å². The number of likely N-dealkylation sites (N-methyl/N-ethyl adjacent to an activating group) is 1. The molecule has 1 aliphatic carbocycles. The second kappa shape index (κ2) is 6.44. The minimum atomic E-state index is 0.588. The van der Waals surface area contributed by atoms with Gasteiger partial charge in [0.15, 0.2) is 0 Å². The van der Waals surface area contributed by atoms with E-state index in [1.165, 1.54) is 31.2 Å². The Morgan fingerprint density at radius 3 is 2.83 bits per heavy atom. The Balaban J connectivity index is 2.22. The summed E-state index contributed by atoms with van der Waals surface area (Å²) in [5.74, 6) is 1.37. The van der Waals surface area contributed by atoms with Crippen LogP contribution in [-0.2, 0) is 0 Å². The van der Waals surface area contributed by atoms with Crippen LogP contribution in [0.3, 0.4) is 0 Å². The first-order chi connectivity index (χ1) is 8.76. The zero-order chi connectivity index (χ0) is 13.0. The molecule has 2 atom stereocenters. The van der Waals surface area contributed by atoms with E-state index in [-0.39, 0.29) is 0 Å². The van der Waals surface area contributed by atoms with E-state index in [0.717, 1.165) is 12.3 Å². The van der Waals surface area contributed by atoms with Crippen molar-refractivity contribution in [1.29, 1.82) is 0 Å². The highest BCUT2D eigenvalue weighted by molar-refractivity contribution is 6.32. The molecule has 0 spiro atoms. The number of halogens is 1. The Kier molecular flexibility index (Phi) is 4.90. The van der Waals surface area contributed by atoms with E-state index in [4.69, 9.17) is 16.3 Å². The van der Waals surface area contributed by atoms with Gasteiger partial charge in [-0.3, -0.25) is 0 Å². The fourth-order valence-electron chi connectivity index (χ4n) is 2.94. The molecule has 1 saturated carbocycles. The van der Waals surface area contributed by atoms with Crippen molar-refractivity contribution in [2.45, 2.75) is 44.6 Å². The number of ether oxygens (including phenoxy) is 1. The van der Waals surface area contributed by atoms with Gasteiger partial charge in [-0.25, -0.2) is 0 Å². The van der Waals surface area contributed by atoms with Crippen molar-refractivity contribution < 1.29 is 4.74 Å². The SMILES string of the molecule is CCNC1CCCCC1c1ccc(Cl)c(OC)c1. The maximum Gasteiger partial charge on any atom is 0.137 e. The molecule has 1 aromatic rings. The van der Waals surface area contributed by atoms with Crippen LogP contribution in [0.2, 0.25) is 5.02 Å². The van der Waals surface area contributed by atoms with Gasteiger partial charge >= 0.3 is 0 Å². The lowest BCUT2D eigenvalue weighted by Crippen LogP contribution is -2.37. The van der Waals surface area contributed by atoms with Crippen molar-refractivity contribution >= 4 is 11.6 Å². The average Bonchev–Trinajstić information content (AvgIpc) is 2.40. The summed E-state index contributed by atoms with van der Waals surface area (Å²) in [6.07, 6.45) is 5.17. The summed E-state index contributed by atoms with van der Waals surface area (Å²) < 4.78 is 5.32. The lowest BCUT2D eigenvalue weighted by molar-refractivity contribution is 0.331. The zero-order valence-electron chi connectivity index (χ0n) is 11.2. The molecule has 2 rings (SSSR count). The van der Waals surface area contributed by atoms with Gasteiger partial charge in [-0.2, -0.15) is 0 Å². The number of nitrogens with one attached hydrogen (secondary N) is 1. The van der Waals surface area contributed by atoms with Gasteiger partial charge in [-0.1, -0.05) is 37.4 Å². The molecule has 3 heteroatoms. The van der Waals surface area contributed by atoms with Crippen LogP contribution >= 0.6 is 11.6 Å². The maximum absolute atomic E-state index is 6.09. The molecule has 0 bridgehead atoms. The van der Waals surface area contributed by atoms with E-state index in [1.807, 2.05) is 6.07 Å². The van der Waals surface area contributed by atoms with Gasteiger partial charge in [0.25, 0.3) is 0 Å². The third kappa shape index (κ3) is 2.99. The van der Waals surface area contributed by atoms with E-state index in [1.54, 1.807) is 7.11 Å². The average molecular weight is 268 g/mol. The van der Waals surface area contributed by atoms with Crippen molar-refractivity contribution in [3.05, 3.63) is 28.8 Å². The topological polar surface area (TPSA) is 21.3 Å². The zero-order valence-corrected chi connectivity index (χ0v) is 12.0. The quantitative estimate of drug-likeness (QED) is 0.891. The Morgan fingerprint density at radius 1 is 1.33 bits per heavy atom. The van der Waals surface area contributed by atoms with Gasteiger partial charge in [-0.15, -0.1) is 0 Å². The molecule has 0 radical (unpaired) electrons.